The van der Waals surface area contributed by atoms with Gasteiger partial charge in [0, 0.05) is 12.1 Å². The molecule has 1 aromatic rings. The molecule has 0 aliphatic carbocycles. The van der Waals surface area contributed by atoms with Crippen molar-refractivity contribution in [1.29, 1.82) is 5.26 Å². The highest BCUT2D eigenvalue weighted by Crippen LogP contribution is 2.42. The van der Waals surface area contributed by atoms with Crippen LogP contribution in [0.1, 0.15) is 39.2 Å². The van der Waals surface area contributed by atoms with Crippen LogP contribution in [0.15, 0.2) is 30.3 Å². The molecule has 1 aliphatic rings. The summed E-state index contributed by atoms with van der Waals surface area (Å²) in [6.07, 6.45) is 2.03. The Morgan fingerprint density at radius 1 is 1.24 bits per heavy atom. The number of nitriles is 1. The highest BCUT2D eigenvalue weighted by atomic mass is 15.3. The molecule has 0 amide bonds. The molecule has 0 spiro atoms. The van der Waals surface area contributed by atoms with Crippen molar-refractivity contribution in [2.24, 2.45) is 0 Å². The van der Waals surface area contributed by atoms with Gasteiger partial charge >= 0.3 is 0 Å². The average molecular weight is 228 g/mol. The molecule has 2 heteroatoms. The number of likely N-dealkylation sites (tertiary alicyclic amines) is 1. The summed E-state index contributed by atoms with van der Waals surface area (Å²) in [5, 5.41) is 9.71. The van der Waals surface area contributed by atoms with Crippen LogP contribution in [0, 0.1) is 11.3 Å². The van der Waals surface area contributed by atoms with E-state index in [1.54, 1.807) is 0 Å². The van der Waals surface area contributed by atoms with Crippen LogP contribution in [0.4, 0.5) is 0 Å². The smallest absolute Gasteiger partial charge is 0.135 e. The molecule has 0 saturated carbocycles. The summed E-state index contributed by atoms with van der Waals surface area (Å²) in [5.74, 6) is 0. The molecule has 0 aromatic heterocycles. The van der Waals surface area contributed by atoms with Crippen molar-refractivity contribution in [2.75, 3.05) is 6.54 Å². The number of nitrogens with zero attached hydrogens (tertiary/aromatic N) is 2. The van der Waals surface area contributed by atoms with Crippen molar-refractivity contribution >= 4 is 0 Å². The van der Waals surface area contributed by atoms with Gasteiger partial charge in [-0.1, -0.05) is 30.3 Å². The largest absolute Gasteiger partial charge is 0.277 e. The van der Waals surface area contributed by atoms with Crippen LogP contribution < -0.4 is 0 Å². The summed E-state index contributed by atoms with van der Waals surface area (Å²) in [6.45, 7) is 7.57. The summed E-state index contributed by atoms with van der Waals surface area (Å²) in [7, 11) is 0. The number of rotatable bonds is 1. The summed E-state index contributed by atoms with van der Waals surface area (Å²) in [6, 6.07) is 12.8. The van der Waals surface area contributed by atoms with Gasteiger partial charge in [0.05, 0.1) is 6.07 Å². The first kappa shape index (κ1) is 12.1. The van der Waals surface area contributed by atoms with Crippen LogP contribution in [0.25, 0.3) is 0 Å². The zero-order valence-electron chi connectivity index (χ0n) is 10.9. The van der Waals surface area contributed by atoms with E-state index in [1.165, 1.54) is 0 Å². The second-order valence-corrected chi connectivity index (χ2v) is 5.76. The first-order valence-corrected chi connectivity index (χ1v) is 6.25. The van der Waals surface area contributed by atoms with Gasteiger partial charge in [0.15, 0.2) is 0 Å². The molecule has 2 nitrogen and oxygen atoms in total. The molecule has 0 N–H and O–H groups in total. The Kier molecular flexibility index (Phi) is 2.97. The molecule has 17 heavy (non-hydrogen) atoms. The van der Waals surface area contributed by atoms with E-state index in [2.05, 4.69) is 43.9 Å². The van der Waals surface area contributed by atoms with Gasteiger partial charge in [-0.3, -0.25) is 4.90 Å². The maximum Gasteiger partial charge on any atom is 0.135 e. The molecule has 1 heterocycles. The number of hydrogen-bond acceptors (Lipinski definition) is 2. The van der Waals surface area contributed by atoms with Gasteiger partial charge in [-0.25, -0.2) is 0 Å². The Balaban J connectivity index is 2.48. The highest BCUT2D eigenvalue weighted by Gasteiger charge is 2.47. The van der Waals surface area contributed by atoms with Crippen LogP contribution >= 0.6 is 0 Å². The molecule has 1 aromatic carbocycles. The summed E-state index contributed by atoms with van der Waals surface area (Å²) < 4.78 is 0. The molecule has 2 rings (SSSR count). The molecule has 0 bridgehead atoms. The third-order valence-electron chi connectivity index (χ3n) is 3.63. The summed E-state index contributed by atoms with van der Waals surface area (Å²) in [5.41, 5.74) is 0.733. The molecular weight excluding hydrogens is 208 g/mol. The molecular formula is C15H20N2. The van der Waals surface area contributed by atoms with Gasteiger partial charge in [-0.2, -0.15) is 5.26 Å². The lowest BCUT2D eigenvalue weighted by Crippen LogP contribution is -2.50. The SMILES string of the molecule is CC(C)(C)N1CCCC1(C#N)c1ccccc1. The predicted octanol–water partition coefficient (Wildman–Crippen LogP) is 3.30. The van der Waals surface area contributed by atoms with E-state index in [-0.39, 0.29) is 5.54 Å². The summed E-state index contributed by atoms with van der Waals surface area (Å²) >= 11 is 0. The third-order valence-corrected chi connectivity index (χ3v) is 3.63. The molecule has 90 valence electrons. The molecule has 1 aliphatic heterocycles. The van der Waals surface area contributed by atoms with Gasteiger partial charge in [0.1, 0.15) is 5.54 Å². The Hall–Kier alpha value is -1.33. The Labute approximate surface area is 104 Å². The Bertz CT molecular complexity index is 424. The quantitative estimate of drug-likeness (QED) is 0.737. The van der Waals surface area contributed by atoms with Crippen molar-refractivity contribution in [3.05, 3.63) is 35.9 Å². The highest BCUT2D eigenvalue weighted by molar-refractivity contribution is 5.33. The monoisotopic (exact) mass is 228 g/mol. The normalized spacial score (nSPS) is 25.8. The third kappa shape index (κ3) is 1.96. The van der Waals surface area contributed by atoms with Crippen LogP contribution in [-0.2, 0) is 5.54 Å². The predicted molar refractivity (Wildman–Crippen MR) is 69.4 cm³/mol. The van der Waals surface area contributed by atoms with Crippen molar-refractivity contribution < 1.29 is 0 Å². The fourth-order valence-electron chi connectivity index (χ4n) is 2.92. The van der Waals surface area contributed by atoms with Crippen molar-refractivity contribution in [2.45, 2.75) is 44.7 Å². The maximum absolute atomic E-state index is 9.71. The van der Waals surface area contributed by atoms with Gasteiger partial charge in [0.2, 0.25) is 0 Å². The summed E-state index contributed by atoms with van der Waals surface area (Å²) in [4.78, 5) is 2.34. The van der Waals surface area contributed by atoms with Crippen LogP contribution in [-0.4, -0.2) is 17.0 Å². The van der Waals surface area contributed by atoms with E-state index < -0.39 is 5.54 Å². The minimum Gasteiger partial charge on any atom is -0.277 e. The van der Waals surface area contributed by atoms with Crippen LogP contribution in [0.5, 0.6) is 0 Å². The van der Waals surface area contributed by atoms with E-state index >= 15 is 0 Å². The molecule has 1 unspecified atom stereocenters. The fourth-order valence-corrected chi connectivity index (χ4v) is 2.92. The van der Waals surface area contributed by atoms with E-state index in [0.29, 0.717) is 0 Å². The minimum atomic E-state index is -0.431. The standard InChI is InChI=1S/C15H20N2/c1-14(2,3)17-11-7-10-15(17,12-16)13-8-5-4-6-9-13/h4-6,8-9H,7,10-11H2,1-3H3. The van der Waals surface area contributed by atoms with Gasteiger partial charge in [0.25, 0.3) is 0 Å². The van der Waals surface area contributed by atoms with Gasteiger partial charge in [-0.15, -0.1) is 0 Å². The molecule has 1 saturated heterocycles. The lowest BCUT2D eigenvalue weighted by molar-refractivity contribution is 0.0782. The van der Waals surface area contributed by atoms with Crippen LogP contribution in [0.3, 0.4) is 0 Å². The van der Waals surface area contributed by atoms with Gasteiger partial charge in [-0.05, 0) is 39.2 Å². The fraction of sp³-hybridized carbons (Fsp3) is 0.533. The molecule has 1 atom stereocenters. The molecule has 0 radical (unpaired) electrons. The first-order valence-electron chi connectivity index (χ1n) is 6.25. The number of benzene rings is 1. The lowest BCUT2D eigenvalue weighted by Gasteiger charge is -2.42. The lowest BCUT2D eigenvalue weighted by atomic mass is 9.86. The average Bonchev–Trinajstić information content (AvgIpc) is 2.75. The van der Waals surface area contributed by atoms with Gasteiger partial charge < -0.3 is 0 Å². The van der Waals surface area contributed by atoms with Crippen LogP contribution in [0.2, 0.25) is 0 Å². The zero-order valence-corrected chi connectivity index (χ0v) is 10.9. The Morgan fingerprint density at radius 2 is 1.88 bits per heavy atom. The second kappa shape index (κ2) is 4.16. The van der Waals surface area contributed by atoms with E-state index in [1.807, 2.05) is 18.2 Å². The van der Waals surface area contributed by atoms with Crippen molar-refractivity contribution in [1.82, 2.24) is 4.90 Å². The minimum absolute atomic E-state index is 0.0298. The van der Waals surface area contributed by atoms with Crippen molar-refractivity contribution in [3.8, 4) is 6.07 Å². The Morgan fingerprint density at radius 3 is 2.41 bits per heavy atom. The first-order chi connectivity index (χ1) is 8.00. The molecule has 1 fully saturated rings. The van der Waals surface area contributed by atoms with Crippen molar-refractivity contribution in [3.63, 3.8) is 0 Å². The zero-order chi connectivity index (χ0) is 12.5. The van der Waals surface area contributed by atoms with E-state index in [4.69, 9.17) is 0 Å². The number of hydrogen-bond donors (Lipinski definition) is 0. The topological polar surface area (TPSA) is 27.0 Å². The second-order valence-electron chi connectivity index (χ2n) is 5.76. The van der Waals surface area contributed by atoms with E-state index in [0.717, 1.165) is 24.9 Å². The maximum atomic E-state index is 9.71. The van der Waals surface area contributed by atoms with E-state index in [9.17, 15) is 5.26 Å².